The number of carbonyl (C=O) groups excluding carboxylic acids is 1. The Morgan fingerprint density at radius 3 is 2.42 bits per heavy atom. The third kappa shape index (κ3) is 3.41. The maximum absolute atomic E-state index is 12.4. The molecule has 0 bridgehead atoms. The SMILES string of the molecule is CCNC1(Cc2ccc(-c3ccc(OC)cc3CC)cc2)C[C@H](C)C1=O. The van der Waals surface area contributed by atoms with E-state index in [2.05, 4.69) is 55.6 Å². The third-order valence-electron chi connectivity index (χ3n) is 5.55. The minimum Gasteiger partial charge on any atom is -0.497 e. The number of ether oxygens (including phenoxy) is 1. The van der Waals surface area contributed by atoms with Crippen molar-refractivity contribution in [2.45, 2.75) is 45.6 Å². The second-order valence-electron chi connectivity index (χ2n) is 7.33. The van der Waals surface area contributed by atoms with E-state index in [1.54, 1.807) is 7.11 Å². The molecule has 0 amide bonds. The fourth-order valence-electron chi connectivity index (χ4n) is 4.20. The van der Waals surface area contributed by atoms with Gasteiger partial charge >= 0.3 is 0 Å². The van der Waals surface area contributed by atoms with Crippen LogP contribution in [0.4, 0.5) is 0 Å². The molecule has 1 aliphatic rings. The van der Waals surface area contributed by atoms with Crippen molar-refractivity contribution in [1.82, 2.24) is 5.32 Å². The molecule has 26 heavy (non-hydrogen) atoms. The van der Waals surface area contributed by atoms with E-state index in [1.165, 1.54) is 22.3 Å². The molecule has 3 rings (SSSR count). The molecule has 0 saturated heterocycles. The van der Waals surface area contributed by atoms with Crippen molar-refractivity contribution in [2.24, 2.45) is 5.92 Å². The number of benzene rings is 2. The van der Waals surface area contributed by atoms with Gasteiger partial charge in [0.1, 0.15) is 5.75 Å². The van der Waals surface area contributed by atoms with Crippen LogP contribution in [0.2, 0.25) is 0 Å². The number of hydrogen-bond acceptors (Lipinski definition) is 3. The zero-order valence-corrected chi connectivity index (χ0v) is 16.3. The van der Waals surface area contributed by atoms with Gasteiger partial charge in [-0.15, -0.1) is 0 Å². The van der Waals surface area contributed by atoms with Crippen molar-refractivity contribution in [3.8, 4) is 16.9 Å². The lowest BCUT2D eigenvalue weighted by Gasteiger charge is -2.45. The summed E-state index contributed by atoms with van der Waals surface area (Å²) >= 11 is 0. The lowest BCUT2D eigenvalue weighted by atomic mass is 9.65. The third-order valence-corrected chi connectivity index (χ3v) is 5.55. The van der Waals surface area contributed by atoms with Crippen LogP contribution in [-0.4, -0.2) is 25.0 Å². The fraction of sp³-hybridized carbons (Fsp3) is 0.435. The Hall–Kier alpha value is -2.13. The number of Topliss-reactive ketones (excluding diaryl/α,β-unsaturated/α-hetero) is 1. The summed E-state index contributed by atoms with van der Waals surface area (Å²) in [5.41, 5.74) is 4.59. The zero-order chi connectivity index (χ0) is 18.7. The van der Waals surface area contributed by atoms with Crippen LogP contribution in [0.25, 0.3) is 11.1 Å². The van der Waals surface area contributed by atoms with E-state index in [0.717, 1.165) is 31.6 Å². The topological polar surface area (TPSA) is 38.3 Å². The monoisotopic (exact) mass is 351 g/mol. The molecular formula is C23H29NO2. The molecule has 0 spiro atoms. The summed E-state index contributed by atoms with van der Waals surface area (Å²) in [6.45, 7) is 7.08. The van der Waals surface area contributed by atoms with Crippen molar-refractivity contribution in [3.05, 3.63) is 53.6 Å². The summed E-state index contributed by atoms with van der Waals surface area (Å²) in [6.07, 6.45) is 2.66. The highest BCUT2D eigenvalue weighted by Gasteiger charge is 2.50. The van der Waals surface area contributed by atoms with E-state index in [-0.39, 0.29) is 11.5 Å². The molecule has 3 nitrogen and oxygen atoms in total. The van der Waals surface area contributed by atoms with Crippen LogP contribution < -0.4 is 10.1 Å². The molecule has 2 atom stereocenters. The number of nitrogens with one attached hydrogen (secondary N) is 1. The van der Waals surface area contributed by atoms with Gasteiger partial charge < -0.3 is 10.1 Å². The van der Waals surface area contributed by atoms with Crippen LogP contribution in [0.5, 0.6) is 5.75 Å². The van der Waals surface area contributed by atoms with Crippen molar-refractivity contribution in [2.75, 3.05) is 13.7 Å². The second kappa shape index (κ2) is 7.63. The van der Waals surface area contributed by atoms with E-state index in [0.29, 0.717) is 5.78 Å². The van der Waals surface area contributed by atoms with Crippen LogP contribution in [0, 0.1) is 5.92 Å². The minimum absolute atomic E-state index is 0.180. The molecule has 2 aromatic carbocycles. The van der Waals surface area contributed by atoms with E-state index in [1.807, 2.05) is 13.0 Å². The highest BCUT2D eigenvalue weighted by atomic mass is 16.5. The Balaban J connectivity index is 1.82. The second-order valence-corrected chi connectivity index (χ2v) is 7.33. The zero-order valence-electron chi connectivity index (χ0n) is 16.3. The number of carbonyl (C=O) groups is 1. The molecule has 1 unspecified atom stereocenters. The Bertz CT molecular complexity index is 777. The van der Waals surface area contributed by atoms with Gasteiger partial charge in [-0.2, -0.15) is 0 Å². The van der Waals surface area contributed by atoms with E-state index in [9.17, 15) is 4.79 Å². The quantitative estimate of drug-likeness (QED) is 0.802. The number of hydrogen-bond donors (Lipinski definition) is 1. The van der Waals surface area contributed by atoms with Crippen LogP contribution in [0.3, 0.4) is 0 Å². The Morgan fingerprint density at radius 1 is 1.15 bits per heavy atom. The molecule has 1 saturated carbocycles. The summed E-state index contributed by atoms with van der Waals surface area (Å²) in [6, 6.07) is 14.9. The van der Waals surface area contributed by atoms with Crippen molar-refractivity contribution in [1.29, 1.82) is 0 Å². The van der Waals surface area contributed by atoms with E-state index >= 15 is 0 Å². The van der Waals surface area contributed by atoms with Gasteiger partial charge in [-0.25, -0.2) is 0 Å². The molecule has 138 valence electrons. The average Bonchev–Trinajstić information content (AvgIpc) is 2.68. The summed E-state index contributed by atoms with van der Waals surface area (Å²) in [7, 11) is 1.70. The van der Waals surface area contributed by atoms with Crippen LogP contribution in [0.15, 0.2) is 42.5 Å². The molecule has 2 aromatic rings. The van der Waals surface area contributed by atoms with Gasteiger partial charge in [-0.1, -0.05) is 51.1 Å². The first kappa shape index (κ1) is 18.7. The first-order valence-corrected chi connectivity index (χ1v) is 9.58. The minimum atomic E-state index is -0.357. The highest BCUT2D eigenvalue weighted by Crippen LogP contribution is 2.37. The molecular weight excluding hydrogens is 322 g/mol. The first-order valence-electron chi connectivity index (χ1n) is 9.58. The summed E-state index contributed by atoms with van der Waals surface area (Å²) in [5, 5.41) is 3.44. The molecule has 0 aliphatic heterocycles. The van der Waals surface area contributed by atoms with E-state index < -0.39 is 0 Å². The predicted octanol–water partition coefficient (Wildman–Crippen LogP) is 4.42. The van der Waals surface area contributed by atoms with Crippen molar-refractivity contribution < 1.29 is 9.53 Å². The number of methoxy groups -OCH3 is 1. The maximum Gasteiger partial charge on any atom is 0.156 e. The molecule has 1 fully saturated rings. The lowest BCUT2D eigenvalue weighted by Crippen LogP contribution is -2.64. The van der Waals surface area contributed by atoms with Crippen LogP contribution in [-0.2, 0) is 17.6 Å². The Kier molecular flexibility index (Phi) is 5.47. The summed E-state index contributed by atoms with van der Waals surface area (Å²) in [4.78, 5) is 12.4. The van der Waals surface area contributed by atoms with Gasteiger partial charge in [0.15, 0.2) is 5.78 Å². The van der Waals surface area contributed by atoms with Crippen LogP contribution in [0.1, 0.15) is 38.3 Å². The predicted molar refractivity (Wildman–Crippen MR) is 107 cm³/mol. The first-order chi connectivity index (χ1) is 12.5. The molecule has 0 radical (unpaired) electrons. The summed E-state index contributed by atoms with van der Waals surface area (Å²) < 4.78 is 5.34. The lowest BCUT2D eigenvalue weighted by molar-refractivity contribution is -0.139. The van der Waals surface area contributed by atoms with Gasteiger partial charge in [0.05, 0.1) is 12.6 Å². The molecule has 1 N–H and O–H groups in total. The Morgan fingerprint density at radius 2 is 1.88 bits per heavy atom. The van der Waals surface area contributed by atoms with Gasteiger partial charge in [0.2, 0.25) is 0 Å². The van der Waals surface area contributed by atoms with Gasteiger partial charge in [-0.05, 0) is 60.2 Å². The fourth-order valence-corrected chi connectivity index (χ4v) is 4.20. The van der Waals surface area contributed by atoms with E-state index in [4.69, 9.17) is 4.74 Å². The molecule has 0 aromatic heterocycles. The smallest absolute Gasteiger partial charge is 0.156 e. The highest BCUT2D eigenvalue weighted by molar-refractivity contribution is 5.96. The standard InChI is InChI=1S/C23H29NO2/c1-5-18-13-20(26-4)11-12-21(18)19-9-7-17(8-10-19)15-23(24-6-2)14-16(3)22(23)25/h7-13,16,24H,5-6,14-15H2,1-4H3/t16-,23?/m0/s1. The van der Waals surface area contributed by atoms with Gasteiger partial charge in [0.25, 0.3) is 0 Å². The Labute approximate surface area is 156 Å². The summed E-state index contributed by atoms with van der Waals surface area (Å²) in [5.74, 6) is 1.43. The average molecular weight is 351 g/mol. The molecule has 0 heterocycles. The maximum atomic E-state index is 12.4. The van der Waals surface area contributed by atoms with Crippen molar-refractivity contribution >= 4 is 5.78 Å². The number of rotatable bonds is 7. The molecule has 3 heteroatoms. The number of ketones is 1. The van der Waals surface area contributed by atoms with Gasteiger partial charge in [-0.3, -0.25) is 4.79 Å². The number of likely N-dealkylation sites (N-methyl/N-ethyl adjacent to an activating group) is 1. The van der Waals surface area contributed by atoms with Crippen molar-refractivity contribution in [3.63, 3.8) is 0 Å². The largest absolute Gasteiger partial charge is 0.497 e. The number of aryl methyl sites for hydroxylation is 1. The van der Waals surface area contributed by atoms with Crippen LogP contribution >= 0.6 is 0 Å². The molecule has 1 aliphatic carbocycles. The van der Waals surface area contributed by atoms with Gasteiger partial charge in [0, 0.05) is 5.92 Å². The normalized spacial score (nSPS) is 22.2.